The van der Waals surface area contributed by atoms with Crippen molar-refractivity contribution in [1.82, 2.24) is 0 Å². The number of allylic oxidation sites excluding steroid dienone is 5. The van der Waals surface area contributed by atoms with Gasteiger partial charge in [0, 0.05) is 0 Å². The van der Waals surface area contributed by atoms with Crippen molar-refractivity contribution in [2.24, 2.45) is 5.92 Å². The Bertz CT molecular complexity index is 1110. The minimum absolute atomic E-state index is 0.330. The molecule has 0 saturated heterocycles. The zero-order chi connectivity index (χ0) is 20.9. The van der Waals surface area contributed by atoms with Crippen molar-refractivity contribution in [3.05, 3.63) is 85.2 Å². The van der Waals surface area contributed by atoms with Crippen molar-refractivity contribution in [2.45, 2.75) is 51.3 Å². The predicted octanol–water partition coefficient (Wildman–Crippen LogP) is 7.94. The van der Waals surface area contributed by atoms with E-state index in [1.54, 1.807) is 27.9 Å². The van der Waals surface area contributed by atoms with Gasteiger partial charge < -0.3 is 0 Å². The van der Waals surface area contributed by atoms with Gasteiger partial charge in [-0.05, 0) is 0 Å². The van der Waals surface area contributed by atoms with Crippen LogP contribution in [0.15, 0.2) is 74.1 Å². The van der Waals surface area contributed by atoms with Gasteiger partial charge >= 0.3 is 185 Å². The summed E-state index contributed by atoms with van der Waals surface area (Å²) in [6.45, 7) is 17.2. The van der Waals surface area contributed by atoms with Crippen LogP contribution < -0.4 is 0 Å². The Kier molecular flexibility index (Phi) is 5.88. The van der Waals surface area contributed by atoms with E-state index in [-0.39, 0.29) is 5.43 Å². The van der Waals surface area contributed by atoms with Crippen molar-refractivity contribution in [3.63, 3.8) is 0 Å². The van der Waals surface area contributed by atoms with E-state index in [0.717, 1.165) is 0 Å². The third-order valence-electron chi connectivity index (χ3n) is 7.12. The molecule has 0 heterocycles. The summed E-state index contributed by atoms with van der Waals surface area (Å²) < 4.78 is 2.63. The molecule has 2 aliphatic carbocycles. The molecule has 0 bridgehead atoms. The summed E-state index contributed by atoms with van der Waals surface area (Å²) in [5.74, 6) is 0.665. The molecule has 2 unspecified atom stereocenters. The topological polar surface area (TPSA) is 0 Å². The molecule has 2 aromatic carbocycles. The quantitative estimate of drug-likeness (QED) is 0.395. The second-order valence-corrected chi connectivity index (χ2v) is 26.3. The maximum absolute atomic E-state index is 2.60. The average molecular weight is 476 g/mol. The standard InChI is InChI=1S/C16H13.C9H13.C2H6Si.Zr/c1-12-10-14-8-5-9-15(16(14)11-12)13-6-3-2-4-7-13;1-6-5-7(2)9(4)8(6)3;1-3-2;/h2-11H,1H3;6H,1-4H3;1-2H3;. The van der Waals surface area contributed by atoms with E-state index in [1.165, 1.54) is 16.7 Å². The molecule has 2 heteroatoms. The van der Waals surface area contributed by atoms with Crippen LogP contribution in [-0.2, 0) is 20.4 Å². The second kappa shape index (κ2) is 8.12. The molecule has 148 valence electrons. The molecule has 29 heavy (non-hydrogen) atoms. The molecular weight excluding hydrogens is 444 g/mol. The molecule has 0 spiro atoms. The zero-order valence-corrected chi connectivity index (χ0v) is 22.3. The van der Waals surface area contributed by atoms with Crippen LogP contribution in [0.2, 0.25) is 13.1 Å². The fraction of sp³-hybridized carbons (Fsp3) is 0.333. The second-order valence-electron chi connectivity index (χ2n) is 8.98. The first-order chi connectivity index (χ1) is 13.8. The Morgan fingerprint density at radius 1 is 0.828 bits per heavy atom. The van der Waals surface area contributed by atoms with Gasteiger partial charge in [0.05, 0.1) is 0 Å². The van der Waals surface area contributed by atoms with Crippen LogP contribution in [0.3, 0.4) is 0 Å². The average Bonchev–Trinajstić information content (AvgIpc) is 3.13. The van der Waals surface area contributed by atoms with E-state index in [1.807, 2.05) is 3.28 Å². The van der Waals surface area contributed by atoms with Gasteiger partial charge in [-0.25, -0.2) is 0 Å². The number of rotatable bonds is 3. The van der Waals surface area contributed by atoms with Crippen molar-refractivity contribution < 1.29 is 20.4 Å². The van der Waals surface area contributed by atoms with Gasteiger partial charge in [-0.15, -0.1) is 0 Å². The molecule has 0 radical (unpaired) electrons. The first-order valence-electron chi connectivity index (χ1n) is 10.8. The Hall–Kier alpha value is -1.24. The number of benzene rings is 2. The van der Waals surface area contributed by atoms with Gasteiger partial charge in [-0.2, -0.15) is 0 Å². The Morgan fingerprint density at radius 2 is 1.52 bits per heavy atom. The summed E-state index contributed by atoms with van der Waals surface area (Å²) in [7, 11) is 0. The van der Waals surface area contributed by atoms with Crippen LogP contribution in [0.1, 0.15) is 49.4 Å². The van der Waals surface area contributed by atoms with Gasteiger partial charge in [-0.1, -0.05) is 0 Å². The van der Waals surface area contributed by atoms with E-state index in [4.69, 9.17) is 0 Å². The molecular formula is C27H32SiZr. The van der Waals surface area contributed by atoms with Crippen LogP contribution in [0, 0.1) is 5.92 Å². The molecule has 4 rings (SSSR count). The molecule has 0 nitrogen and oxygen atoms in total. The summed E-state index contributed by atoms with van der Waals surface area (Å²) in [6, 6.07) is 18.0. The first-order valence-corrected chi connectivity index (χ1v) is 19.6. The molecule has 2 aromatic rings. The Morgan fingerprint density at radius 3 is 2.10 bits per heavy atom. The van der Waals surface area contributed by atoms with Crippen molar-refractivity contribution in [2.75, 3.05) is 0 Å². The van der Waals surface area contributed by atoms with Crippen LogP contribution in [0.4, 0.5) is 0 Å². The van der Waals surface area contributed by atoms with E-state index in [2.05, 4.69) is 102 Å². The number of fused-ring (bicyclic) bond motifs is 1. The van der Waals surface area contributed by atoms with Crippen LogP contribution in [-0.4, -0.2) is 5.43 Å². The summed E-state index contributed by atoms with van der Waals surface area (Å²) in [5.41, 5.74) is 12.0. The molecule has 0 fully saturated rings. The SMILES string of the molecule is CC1=Cc2c(-c3ccccc3)cccc2[CH]1[Zr]([C]1=C(C)C(C)=C(C)C1C)=[Si](C)C. The summed E-state index contributed by atoms with van der Waals surface area (Å²) in [4.78, 5) is 0. The minimum atomic E-state index is -1.89. The number of hydrogen-bond acceptors (Lipinski definition) is 0. The van der Waals surface area contributed by atoms with E-state index < -0.39 is 20.4 Å². The molecule has 2 atom stereocenters. The van der Waals surface area contributed by atoms with E-state index in [9.17, 15) is 0 Å². The summed E-state index contributed by atoms with van der Waals surface area (Å²) in [6.07, 6.45) is 2.52. The predicted molar refractivity (Wildman–Crippen MR) is 126 cm³/mol. The van der Waals surface area contributed by atoms with Crippen LogP contribution in [0.5, 0.6) is 0 Å². The fourth-order valence-electron chi connectivity index (χ4n) is 5.32. The normalized spacial score (nSPS) is 20.9. The molecule has 0 saturated carbocycles. The van der Waals surface area contributed by atoms with E-state index in [0.29, 0.717) is 9.54 Å². The monoisotopic (exact) mass is 474 g/mol. The van der Waals surface area contributed by atoms with E-state index >= 15 is 0 Å². The molecule has 0 amide bonds. The van der Waals surface area contributed by atoms with Crippen molar-refractivity contribution in [1.29, 1.82) is 0 Å². The Balaban J connectivity index is 1.89. The van der Waals surface area contributed by atoms with Crippen molar-refractivity contribution >= 4 is 11.5 Å². The van der Waals surface area contributed by atoms with Gasteiger partial charge in [0.15, 0.2) is 0 Å². The fourth-order valence-corrected chi connectivity index (χ4v) is 25.9. The maximum atomic E-state index is 2.60. The van der Waals surface area contributed by atoms with Gasteiger partial charge in [-0.3, -0.25) is 0 Å². The third kappa shape index (κ3) is 3.47. The van der Waals surface area contributed by atoms with Crippen LogP contribution >= 0.6 is 0 Å². The molecule has 0 N–H and O–H groups in total. The van der Waals surface area contributed by atoms with Gasteiger partial charge in [0.25, 0.3) is 0 Å². The number of hydrogen-bond donors (Lipinski definition) is 0. The van der Waals surface area contributed by atoms with Crippen molar-refractivity contribution in [3.8, 4) is 11.1 Å². The van der Waals surface area contributed by atoms with Crippen LogP contribution in [0.25, 0.3) is 17.2 Å². The van der Waals surface area contributed by atoms with Gasteiger partial charge in [0.1, 0.15) is 0 Å². The Labute approximate surface area is 184 Å². The zero-order valence-electron chi connectivity index (χ0n) is 18.9. The first kappa shape index (κ1) is 21.0. The molecule has 0 aromatic heterocycles. The summed E-state index contributed by atoms with van der Waals surface area (Å²) in [5, 5.41) is 0. The molecule has 0 aliphatic heterocycles. The molecule has 2 aliphatic rings. The summed E-state index contributed by atoms with van der Waals surface area (Å²) >= 11 is -1.89. The third-order valence-corrected chi connectivity index (χ3v) is 26.2. The van der Waals surface area contributed by atoms with Gasteiger partial charge in [0.2, 0.25) is 0 Å².